The predicted molar refractivity (Wildman–Crippen MR) is 128 cm³/mol. The summed E-state index contributed by atoms with van der Waals surface area (Å²) in [6.07, 6.45) is 4.69. The molecule has 31 heavy (non-hydrogen) atoms. The van der Waals surface area contributed by atoms with Crippen LogP contribution in [0.25, 0.3) is 10.2 Å². The average Bonchev–Trinajstić information content (AvgIpc) is 3.17. The third-order valence-electron chi connectivity index (χ3n) is 6.28. The van der Waals surface area contributed by atoms with Crippen LogP contribution < -0.4 is 15.6 Å². The van der Waals surface area contributed by atoms with Crippen LogP contribution in [-0.4, -0.2) is 53.8 Å². The highest BCUT2D eigenvalue weighted by atomic mass is 32.1. The van der Waals surface area contributed by atoms with Crippen molar-refractivity contribution >= 4 is 21.6 Å². The second-order valence-electron chi connectivity index (χ2n) is 8.13. The molecule has 1 aromatic carbocycles. The topological polar surface area (TPSA) is 59.4 Å². The first-order chi connectivity index (χ1) is 15.1. The highest BCUT2D eigenvalue weighted by Crippen LogP contribution is 2.33. The monoisotopic (exact) mass is 440 g/mol. The van der Waals surface area contributed by atoms with Crippen LogP contribution >= 0.6 is 11.3 Å². The van der Waals surface area contributed by atoms with Crippen LogP contribution in [0.15, 0.2) is 35.4 Å². The Morgan fingerprint density at radius 1 is 1.32 bits per heavy atom. The van der Waals surface area contributed by atoms with Gasteiger partial charge in [-0.15, -0.1) is 11.3 Å². The number of hydrogen-bond acceptors (Lipinski definition) is 6. The molecular weight excluding hydrogens is 408 g/mol. The molecule has 166 valence electrons. The Hall–Kier alpha value is -2.22. The van der Waals surface area contributed by atoms with Gasteiger partial charge in [0.25, 0.3) is 5.56 Å². The van der Waals surface area contributed by atoms with Gasteiger partial charge in [-0.2, -0.15) is 0 Å². The van der Waals surface area contributed by atoms with Crippen LogP contribution in [0.4, 0.5) is 0 Å². The van der Waals surface area contributed by atoms with Crippen LogP contribution in [0.2, 0.25) is 0 Å². The number of rotatable bonds is 9. The molecule has 3 aromatic rings. The van der Waals surface area contributed by atoms with Crippen molar-refractivity contribution in [3.05, 3.63) is 57.0 Å². The Balaban J connectivity index is 1.50. The number of thiophene rings is 1. The van der Waals surface area contributed by atoms with Crippen molar-refractivity contribution in [3.8, 4) is 5.75 Å². The lowest BCUT2D eigenvalue weighted by molar-refractivity contribution is 0.293. The van der Waals surface area contributed by atoms with Crippen LogP contribution in [-0.2, 0) is 19.4 Å². The van der Waals surface area contributed by atoms with Crippen molar-refractivity contribution in [2.75, 3.05) is 33.3 Å². The summed E-state index contributed by atoms with van der Waals surface area (Å²) in [6, 6.07) is 8.32. The summed E-state index contributed by atoms with van der Waals surface area (Å²) in [5, 5.41) is 4.55. The summed E-state index contributed by atoms with van der Waals surface area (Å²) >= 11 is 1.69. The first kappa shape index (κ1) is 22.0. The molecular formula is C24H32N4O2S. The number of aromatic nitrogens is 2. The van der Waals surface area contributed by atoms with E-state index in [-0.39, 0.29) is 5.56 Å². The van der Waals surface area contributed by atoms with Gasteiger partial charge >= 0.3 is 0 Å². The number of likely N-dealkylation sites (N-methyl/N-ethyl adjacent to an activating group) is 1. The minimum absolute atomic E-state index is 0.0678. The molecule has 7 heteroatoms. The van der Waals surface area contributed by atoms with E-state index in [9.17, 15) is 4.79 Å². The van der Waals surface area contributed by atoms with Gasteiger partial charge in [-0.3, -0.25) is 9.36 Å². The van der Waals surface area contributed by atoms with E-state index in [1.165, 1.54) is 10.4 Å². The van der Waals surface area contributed by atoms with E-state index in [1.54, 1.807) is 29.3 Å². The number of benzene rings is 1. The molecule has 2 heterocycles. The predicted octanol–water partition coefficient (Wildman–Crippen LogP) is 3.30. The summed E-state index contributed by atoms with van der Waals surface area (Å²) in [5.74, 6) is 0.798. The minimum atomic E-state index is 0.0678. The molecule has 0 aliphatic heterocycles. The molecule has 6 nitrogen and oxygen atoms in total. The zero-order chi connectivity index (χ0) is 21.8. The molecule has 1 aliphatic carbocycles. The number of nitrogens with zero attached hydrogens (tertiary/aromatic N) is 3. The van der Waals surface area contributed by atoms with Crippen molar-refractivity contribution < 1.29 is 4.74 Å². The van der Waals surface area contributed by atoms with E-state index < -0.39 is 0 Å². The van der Waals surface area contributed by atoms with Crippen LogP contribution in [0, 0.1) is 0 Å². The Morgan fingerprint density at radius 2 is 2.16 bits per heavy atom. The van der Waals surface area contributed by atoms with Crippen molar-refractivity contribution in [1.29, 1.82) is 0 Å². The van der Waals surface area contributed by atoms with Crippen LogP contribution in [0.3, 0.4) is 0 Å². The van der Waals surface area contributed by atoms with Crippen LogP contribution in [0.1, 0.15) is 36.3 Å². The molecule has 0 spiro atoms. The first-order valence-corrected chi connectivity index (χ1v) is 12.0. The Kier molecular flexibility index (Phi) is 7.05. The quantitative estimate of drug-likeness (QED) is 0.553. The zero-order valence-electron chi connectivity index (χ0n) is 18.7. The summed E-state index contributed by atoms with van der Waals surface area (Å²) in [7, 11) is 1.66. The third-order valence-corrected chi connectivity index (χ3v) is 7.44. The molecule has 1 atom stereocenters. The van der Waals surface area contributed by atoms with Gasteiger partial charge in [0.05, 0.1) is 25.4 Å². The Bertz CT molecular complexity index is 1090. The van der Waals surface area contributed by atoms with E-state index in [4.69, 9.17) is 4.74 Å². The molecule has 0 saturated carbocycles. The fourth-order valence-corrected chi connectivity index (χ4v) is 5.68. The number of aryl methyl sites for hydroxylation is 1. The number of fused-ring (bicyclic) bond motifs is 3. The molecule has 2 aromatic heterocycles. The van der Waals surface area contributed by atoms with Gasteiger partial charge in [0.2, 0.25) is 0 Å². The van der Waals surface area contributed by atoms with E-state index in [0.717, 1.165) is 67.0 Å². The van der Waals surface area contributed by atoms with Gasteiger partial charge in [0, 0.05) is 24.0 Å². The number of methoxy groups -OCH3 is 1. The average molecular weight is 441 g/mol. The second kappa shape index (κ2) is 9.94. The van der Waals surface area contributed by atoms with E-state index in [0.29, 0.717) is 12.6 Å². The summed E-state index contributed by atoms with van der Waals surface area (Å²) < 4.78 is 7.03. The lowest BCUT2D eigenvalue weighted by atomic mass is 9.93. The molecule has 1 aliphatic rings. The second-order valence-corrected chi connectivity index (χ2v) is 9.22. The SMILES string of the molecule is CCN(CC)CCNC1CCc2c(sc3ncn(Cc4cccc(OC)c4)c(=O)c23)C1. The fraction of sp³-hybridized carbons (Fsp3) is 0.500. The molecule has 1 unspecified atom stereocenters. The number of nitrogens with one attached hydrogen (secondary N) is 1. The Labute approximate surface area is 187 Å². The normalized spacial score (nSPS) is 16.1. The van der Waals surface area contributed by atoms with Gasteiger partial charge in [0.1, 0.15) is 10.6 Å². The maximum absolute atomic E-state index is 13.3. The zero-order valence-corrected chi connectivity index (χ0v) is 19.5. The molecule has 0 amide bonds. The summed E-state index contributed by atoms with van der Waals surface area (Å²) in [4.78, 5) is 22.6. The number of ether oxygens (including phenoxy) is 1. The van der Waals surface area contributed by atoms with E-state index in [2.05, 4.69) is 29.0 Å². The van der Waals surface area contributed by atoms with Gasteiger partial charge in [-0.1, -0.05) is 26.0 Å². The molecule has 0 bridgehead atoms. The largest absolute Gasteiger partial charge is 0.497 e. The van der Waals surface area contributed by atoms with Crippen molar-refractivity contribution in [3.63, 3.8) is 0 Å². The summed E-state index contributed by atoms with van der Waals surface area (Å²) in [6.45, 7) is 9.20. The van der Waals surface area contributed by atoms with Crippen LogP contribution in [0.5, 0.6) is 5.75 Å². The third kappa shape index (κ3) is 4.84. The fourth-order valence-electron chi connectivity index (χ4n) is 4.42. The van der Waals surface area contributed by atoms with E-state index in [1.807, 2.05) is 24.3 Å². The smallest absolute Gasteiger partial charge is 0.262 e. The Morgan fingerprint density at radius 3 is 2.94 bits per heavy atom. The molecule has 4 rings (SSSR count). The lowest BCUT2D eigenvalue weighted by Crippen LogP contribution is -2.39. The minimum Gasteiger partial charge on any atom is -0.497 e. The molecule has 0 saturated heterocycles. The maximum Gasteiger partial charge on any atom is 0.262 e. The van der Waals surface area contributed by atoms with Gasteiger partial charge in [-0.05, 0) is 55.6 Å². The van der Waals surface area contributed by atoms with Crippen molar-refractivity contribution in [2.45, 2.75) is 45.7 Å². The molecule has 0 radical (unpaired) electrons. The lowest BCUT2D eigenvalue weighted by Gasteiger charge is -2.25. The number of hydrogen-bond donors (Lipinski definition) is 1. The van der Waals surface area contributed by atoms with Gasteiger partial charge < -0.3 is 15.0 Å². The van der Waals surface area contributed by atoms with E-state index >= 15 is 0 Å². The first-order valence-electron chi connectivity index (χ1n) is 11.2. The highest BCUT2D eigenvalue weighted by Gasteiger charge is 2.25. The van der Waals surface area contributed by atoms with Gasteiger partial charge in [0.15, 0.2) is 0 Å². The van der Waals surface area contributed by atoms with Crippen molar-refractivity contribution in [1.82, 2.24) is 19.8 Å². The molecule has 1 N–H and O–H groups in total. The maximum atomic E-state index is 13.3. The molecule has 0 fully saturated rings. The standard InChI is InChI=1S/C24H32N4O2S/c1-4-27(5-2)12-11-25-18-9-10-20-21(14-18)31-23-22(20)24(29)28(16-26-23)15-17-7-6-8-19(13-17)30-3/h6-8,13,16,18,25H,4-5,9-12,14-15H2,1-3H3. The van der Waals surface area contributed by atoms with Gasteiger partial charge in [-0.25, -0.2) is 4.98 Å². The van der Waals surface area contributed by atoms with Crippen molar-refractivity contribution in [2.24, 2.45) is 0 Å². The summed E-state index contributed by atoms with van der Waals surface area (Å²) in [5.41, 5.74) is 2.32. The highest BCUT2D eigenvalue weighted by molar-refractivity contribution is 7.18.